The van der Waals surface area contributed by atoms with Crippen molar-refractivity contribution in [1.82, 2.24) is 5.32 Å². The molecule has 1 saturated heterocycles. The molecule has 1 N–H and O–H groups in total. The molecule has 0 aromatic heterocycles. The summed E-state index contributed by atoms with van der Waals surface area (Å²) in [5, 5.41) is 3.73. The van der Waals surface area contributed by atoms with Gasteiger partial charge in [-0.15, -0.1) is 0 Å². The van der Waals surface area contributed by atoms with Crippen molar-refractivity contribution in [3.63, 3.8) is 0 Å². The molecule has 1 atom stereocenters. The van der Waals surface area contributed by atoms with Crippen molar-refractivity contribution in [3.8, 4) is 0 Å². The Hall–Kier alpha value is -0.0800. The van der Waals surface area contributed by atoms with Gasteiger partial charge in [-0.05, 0) is 43.1 Å². The molecule has 2 nitrogen and oxygen atoms in total. The highest BCUT2D eigenvalue weighted by molar-refractivity contribution is 4.86. The largest absolute Gasteiger partial charge is 0.381 e. The van der Waals surface area contributed by atoms with Gasteiger partial charge in [-0.25, -0.2) is 0 Å². The van der Waals surface area contributed by atoms with Crippen LogP contribution in [-0.2, 0) is 4.74 Å². The van der Waals surface area contributed by atoms with Crippen LogP contribution in [0.2, 0.25) is 0 Å². The van der Waals surface area contributed by atoms with Crippen LogP contribution < -0.4 is 5.32 Å². The van der Waals surface area contributed by atoms with Crippen LogP contribution >= 0.6 is 0 Å². The number of rotatable bonds is 10. The Kier molecular flexibility index (Phi) is 8.79. The number of unbranched alkanes of at least 4 members (excludes halogenated alkanes) is 1. The van der Waals surface area contributed by atoms with Crippen LogP contribution in [0.25, 0.3) is 0 Å². The molecule has 1 unspecified atom stereocenters. The molecule has 1 heterocycles. The molecule has 120 valence electrons. The van der Waals surface area contributed by atoms with Crippen LogP contribution in [0, 0.1) is 17.3 Å². The van der Waals surface area contributed by atoms with Crippen molar-refractivity contribution in [1.29, 1.82) is 0 Å². The molecule has 0 aromatic rings. The monoisotopic (exact) mass is 283 g/mol. The summed E-state index contributed by atoms with van der Waals surface area (Å²) in [4.78, 5) is 0. The normalized spacial score (nSPS) is 20.2. The molecule has 0 aliphatic carbocycles. The predicted octanol–water partition coefficient (Wildman–Crippen LogP) is 4.64. The van der Waals surface area contributed by atoms with Crippen LogP contribution in [0.5, 0.6) is 0 Å². The maximum Gasteiger partial charge on any atom is 0.0471 e. The minimum Gasteiger partial charge on any atom is -0.381 e. The second kappa shape index (κ2) is 9.78. The van der Waals surface area contributed by atoms with Gasteiger partial charge in [0.25, 0.3) is 0 Å². The molecule has 0 bridgehead atoms. The minimum absolute atomic E-state index is 0.502. The molecule has 0 aromatic carbocycles. The van der Waals surface area contributed by atoms with Crippen molar-refractivity contribution in [2.75, 3.05) is 26.3 Å². The molecule has 1 aliphatic rings. The zero-order chi connectivity index (χ0) is 14.8. The lowest BCUT2D eigenvalue weighted by Gasteiger charge is -2.40. The van der Waals surface area contributed by atoms with E-state index in [1.165, 1.54) is 51.5 Å². The van der Waals surface area contributed by atoms with Gasteiger partial charge in [0.15, 0.2) is 0 Å². The Labute approximate surface area is 127 Å². The van der Waals surface area contributed by atoms with E-state index < -0.39 is 0 Å². The smallest absolute Gasteiger partial charge is 0.0471 e. The van der Waals surface area contributed by atoms with Gasteiger partial charge < -0.3 is 10.1 Å². The first-order chi connectivity index (χ1) is 9.62. The van der Waals surface area contributed by atoms with Crippen LogP contribution in [0.15, 0.2) is 0 Å². The van der Waals surface area contributed by atoms with Gasteiger partial charge in [-0.1, -0.05) is 53.4 Å². The highest BCUT2D eigenvalue weighted by Crippen LogP contribution is 2.38. The molecule has 0 radical (unpaired) electrons. The van der Waals surface area contributed by atoms with Gasteiger partial charge in [0, 0.05) is 19.8 Å². The minimum atomic E-state index is 0.502. The molecule has 0 saturated carbocycles. The van der Waals surface area contributed by atoms with E-state index in [-0.39, 0.29) is 0 Å². The molecule has 2 heteroatoms. The lowest BCUT2D eigenvalue weighted by Crippen LogP contribution is -2.41. The number of hydrogen-bond acceptors (Lipinski definition) is 2. The third-order valence-corrected chi connectivity index (χ3v) is 4.87. The summed E-state index contributed by atoms with van der Waals surface area (Å²) in [6, 6.07) is 0. The summed E-state index contributed by atoms with van der Waals surface area (Å²) in [5.41, 5.74) is 0.502. The first-order valence-electron chi connectivity index (χ1n) is 8.90. The third-order valence-electron chi connectivity index (χ3n) is 4.87. The molecule has 1 aliphatic heterocycles. The fourth-order valence-electron chi connectivity index (χ4n) is 3.44. The predicted molar refractivity (Wildman–Crippen MR) is 88.1 cm³/mol. The average Bonchev–Trinajstić information content (AvgIpc) is 2.44. The van der Waals surface area contributed by atoms with Gasteiger partial charge in [-0.2, -0.15) is 0 Å². The summed E-state index contributed by atoms with van der Waals surface area (Å²) in [6.07, 6.45) is 9.38. The summed E-state index contributed by atoms with van der Waals surface area (Å²) in [5.74, 6) is 1.66. The molecule has 20 heavy (non-hydrogen) atoms. The van der Waals surface area contributed by atoms with E-state index in [1.807, 2.05) is 0 Å². The van der Waals surface area contributed by atoms with Crippen molar-refractivity contribution >= 4 is 0 Å². The highest BCUT2D eigenvalue weighted by Gasteiger charge is 2.34. The SMILES string of the molecule is CCCCC(CC)CC1(CNCC(C)C)CCOCC1. The maximum atomic E-state index is 5.62. The van der Waals surface area contributed by atoms with E-state index in [9.17, 15) is 0 Å². The summed E-state index contributed by atoms with van der Waals surface area (Å²) in [7, 11) is 0. The molecule has 1 fully saturated rings. The number of ether oxygens (including phenoxy) is 1. The standard InChI is InChI=1S/C18H37NO/c1-5-7-8-17(6-2)13-18(9-11-20-12-10-18)15-19-14-16(3)4/h16-17,19H,5-15H2,1-4H3. The number of hydrogen-bond donors (Lipinski definition) is 1. The molecule has 0 spiro atoms. The van der Waals surface area contributed by atoms with Gasteiger partial charge >= 0.3 is 0 Å². The van der Waals surface area contributed by atoms with E-state index in [4.69, 9.17) is 4.74 Å². The molecular formula is C18H37NO. The topological polar surface area (TPSA) is 21.3 Å². The van der Waals surface area contributed by atoms with Gasteiger partial charge in [0.1, 0.15) is 0 Å². The quantitative estimate of drug-likeness (QED) is 0.631. The third kappa shape index (κ3) is 6.58. The Morgan fingerprint density at radius 3 is 2.40 bits per heavy atom. The number of nitrogens with one attached hydrogen (secondary N) is 1. The van der Waals surface area contributed by atoms with Crippen LogP contribution in [0.3, 0.4) is 0 Å². The van der Waals surface area contributed by atoms with Crippen LogP contribution in [-0.4, -0.2) is 26.3 Å². The van der Waals surface area contributed by atoms with Crippen molar-refractivity contribution in [2.45, 2.75) is 72.6 Å². The lowest BCUT2D eigenvalue weighted by atomic mass is 9.71. The second-order valence-corrected chi connectivity index (χ2v) is 7.26. The Morgan fingerprint density at radius 2 is 1.85 bits per heavy atom. The van der Waals surface area contributed by atoms with Crippen LogP contribution in [0.1, 0.15) is 72.6 Å². The van der Waals surface area contributed by atoms with Crippen molar-refractivity contribution in [3.05, 3.63) is 0 Å². The summed E-state index contributed by atoms with van der Waals surface area (Å²) >= 11 is 0. The van der Waals surface area contributed by atoms with Gasteiger partial charge in [0.2, 0.25) is 0 Å². The Morgan fingerprint density at radius 1 is 1.15 bits per heavy atom. The van der Waals surface area contributed by atoms with E-state index in [1.54, 1.807) is 0 Å². The fourth-order valence-corrected chi connectivity index (χ4v) is 3.44. The second-order valence-electron chi connectivity index (χ2n) is 7.26. The first kappa shape index (κ1) is 18.0. The Balaban J connectivity index is 2.52. The van der Waals surface area contributed by atoms with E-state index >= 15 is 0 Å². The molecule has 0 amide bonds. The summed E-state index contributed by atoms with van der Waals surface area (Å²) < 4.78 is 5.62. The van der Waals surface area contributed by atoms with Crippen molar-refractivity contribution in [2.24, 2.45) is 17.3 Å². The summed E-state index contributed by atoms with van der Waals surface area (Å²) in [6.45, 7) is 13.5. The average molecular weight is 284 g/mol. The zero-order valence-electron chi connectivity index (χ0n) is 14.3. The van der Waals surface area contributed by atoms with Gasteiger partial charge in [-0.3, -0.25) is 0 Å². The zero-order valence-corrected chi connectivity index (χ0v) is 14.3. The van der Waals surface area contributed by atoms with Crippen molar-refractivity contribution < 1.29 is 4.74 Å². The fraction of sp³-hybridized carbons (Fsp3) is 1.00. The maximum absolute atomic E-state index is 5.62. The molecule has 1 rings (SSSR count). The molecular weight excluding hydrogens is 246 g/mol. The van der Waals surface area contributed by atoms with E-state index in [0.717, 1.165) is 31.6 Å². The van der Waals surface area contributed by atoms with Crippen LogP contribution in [0.4, 0.5) is 0 Å². The van der Waals surface area contributed by atoms with E-state index in [2.05, 4.69) is 33.0 Å². The van der Waals surface area contributed by atoms with Gasteiger partial charge in [0.05, 0.1) is 0 Å². The first-order valence-corrected chi connectivity index (χ1v) is 8.90. The van der Waals surface area contributed by atoms with E-state index in [0.29, 0.717) is 5.41 Å². The Bertz CT molecular complexity index is 234. The highest BCUT2D eigenvalue weighted by atomic mass is 16.5. The lowest BCUT2D eigenvalue weighted by molar-refractivity contribution is 0.000689.